The van der Waals surface area contributed by atoms with Crippen molar-refractivity contribution < 1.29 is 9.21 Å². The van der Waals surface area contributed by atoms with Gasteiger partial charge in [0.15, 0.2) is 0 Å². The quantitative estimate of drug-likeness (QED) is 0.578. The minimum atomic E-state index is -0.199. The number of rotatable bonds is 2. The molecule has 0 radical (unpaired) electrons. The van der Waals surface area contributed by atoms with Gasteiger partial charge in [-0.15, -0.1) is 0 Å². The Balaban J connectivity index is 1.90. The van der Waals surface area contributed by atoms with Crippen LogP contribution in [0.5, 0.6) is 0 Å². The maximum atomic E-state index is 11.6. The number of carbonyl (C=O) groups excluding carboxylic acids is 1. The summed E-state index contributed by atoms with van der Waals surface area (Å²) in [6, 6.07) is 9.21. The predicted octanol–water partition coefficient (Wildman–Crippen LogP) is 4.85. The molecule has 0 spiro atoms. The zero-order valence-corrected chi connectivity index (χ0v) is 14.3. The fourth-order valence-electron chi connectivity index (χ4n) is 1.79. The molecule has 1 fully saturated rings. The molecule has 2 aromatic rings. The summed E-state index contributed by atoms with van der Waals surface area (Å²) in [5.41, 5.74) is 0.867. The van der Waals surface area contributed by atoms with E-state index in [4.69, 9.17) is 28.2 Å². The summed E-state index contributed by atoms with van der Waals surface area (Å²) in [6.45, 7) is 0. The van der Waals surface area contributed by atoms with Crippen molar-refractivity contribution in [3.05, 3.63) is 50.5 Å². The maximum absolute atomic E-state index is 11.6. The lowest BCUT2D eigenvalue weighted by Gasteiger charge is -1.99. The average molecular weight is 401 g/mol. The van der Waals surface area contributed by atoms with Gasteiger partial charge < -0.3 is 9.73 Å². The third-order valence-corrected chi connectivity index (χ3v) is 5.14. The van der Waals surface area contributed by atoms with Gasteiger partial charge in [-0.25, -0.2) is 0 Å². The molecule has 1 N–H and O–H groups in total. The molecule has 1 aliphatic rings. The number of benzene rings is 1. The first-order valence-corrected chi connectivity index (χ1v) is 8.22. The van der Waals surface area contributed by atoms with Gasteiger partial charge in [-0.3, -0.25) is 4.79 Å². The second-order valence-electron chi connectivity index (χ2n) is 4.18. The van der Waals surface area contributed by atoms with E-state index < -0.39 is 0 Å². The van der Waals surface area contributed by atoms with Crippen molar-refractivity contribution in [2.24, 2.45) is 0 Å². The van der Waals surface area contributed by atoms with Gasteiger partial charge in [0.2, 0.25) is 0 Å². The van der Waals surface area contributed by atoms with Crippen LogP contribution in [-0.2, 0) is 4.79 Å². The van der Waals surface area contributed by atoms with Crippen molar-refractivity contribution in [1.82, 2.24) is 5.32 Å². The van der Waals surface area contributed by atoms with E-state index in [0.29, 0.717) is 25.8 Å². The lowest BCUT2D eigenvalue weighted by molar-refractivity contribution is -0.115. The van der Waals surface area contributed by atoms with Crippen LogP contribution in [0.15, 0.2) is 44.1 Å². The Labute approximate surface area is 143 Å². The lowest BCUT2D eigenvalue weighted by Crippen LogP contribution is -2.17. The van der Waals surface area contributed by atoms with Gasteiger partial charge in [-0.05, 0) is 40.2 Å². The highest BCUT2D eigenvalue weighted by atomic mass is 79.9. The number of hydrogen-bond donors (Lipinski definition) is 1. The third-order valence-electron chi connectivity index (χ3n) is 2.75. The molecule has 0 unspecified atom stereocenters. The van der Waals surface area contributed by atoms with Gasteiger partial charge in [-0.1, -0.05) is 41.6 Å². The Kier molecular flexibility index (Phi) is 4.21. The molecular formula is C14H7BrClNO2S2. The fourth-order valence-corrected chi connectivity index (χ4v) is 3.24. The molecule has 0 bridgehead atoms. The second kappa shape index (κ2) is 5.96. The molecule has 106 valence electrons. The molecule has 7 heteroatoms. The summed E-state index contributed by atoms with van der Waals surface area (Å²) in [4.78, 5) is 12.1. The summed E-state index contributed by atoms with van der Waals surface area (Å²) < 4.78 is 7.01. The highest BCUT2D eigenvalue weighted by molar-refractivity contribution is 9.10. The Morgan fingerprint density at radius 1 is 1.33 bits per heavy atom. The molecule has 1 aromatic heterocycles. The Morgan fingerprint density at radius 2 is 2.14 bits per heavy atom. The van der Waals surface area contributed by atoms with Gasteiger partial charge in [0.1, 0.15) is 15.8 Å². The minimum absolute atomic E-state index is 0.199. The summed E-state index contributed by atoms with van der Waals surface area (Å²) in [5, 5.41) is 3.17. The van der Waals surface area contributed by atoms with Crippen LogP contribution in [0.3, 0.4) is 0 Å². The van der Waals surface area contributed by atoms with E-state index in [-0.39, 0.29) is 5.91 Å². The second-order valence-corrected chi connectivity index (χ2v) is 7.16. The number of halogens is 2. The summed E-state index contributed by atoms with van der Waals surface area (Å²) in [7, 11) is 0. The number of furan rings is 1. The Hall–Kier alpha value is -1.08. The number of nitrogens with one attached hydrogen (secondary N) is 1. The van der Waals surface area contributed by atoms with Gasteiger partial charge in [-0.2, -0.15) is 0 Å². The molecular weight excluding hydrogens is 394 g/mol. The first-order valence-electron chi connectivity index (χ1n) is 5.83. The van der Waals surface area contributed by atoms with Gasteiger partial charge in [0, 0.05) is 16.1 Å². The first kappa shape index (κ1) is 14.8. The van der Waals surface area contributed by atoms with Crippen molar-refractivity contribution in [1.29, 1.82) is 0 Å². The smallest absolute Gasteiger partial charge is 0.263 e. The van der Waals surface area contributed by atoms with Crippen LogP contribution in [0.4, 0.5) is 0 Å². The first-order chi connectivity index (χ1) is 10.0. The summed E-state index contributed by atoms with van der Waals surface area (Å²) >= 11 is 15.6. The van der Waals surface area contributed by atoms with Gasteiger partial charge in [0.25, 0.3) is 5.91 Å². The average Bonchev–Trinajstić information content (AvgIpc) is 3.01. The van der Waals surface area contributed by atoms with E-state index in [2.05, 4.69) is 21.2 Å². The highest BCUT2D eigenvalue weighted by Crippen LogP contribution is 2.31. The number of thioether (sulfide) groups is 1. The zero-order chi connectivity index (χ0) is 15.0. The zero-order valence-electron chi connectivity index (χ0n) is 10.4. The van der Waals surface area contributed by atoms with E-state index in [1.54, 1.807) is 12.1 Å². The fraction of sp³-hybridized carbons (Fsp3) is 0. The van der Waals surface area contributed by atoms with Gasteiger partial charge >= 0.3 is 0 Å². The van der Waals surface area contributed by atoms with E-state index in [1.165, 1.54) is 11.8 Å². The van der Waals surface area contributed by atoms with E-state index in [1.807, 2.05) is 24.3 Å². The third kappa shape index (κ3) is 3.23. The Morgan fingerprint density at radius 3 is 2.81 bits per heavy atom. The van der Waals surface area contributed by atoms with Crippen LogP contribution >= 0.6 is 51.5 Å². The van der Waals surface area contributed by atoms with E-state index >= 15 is 0 Å². The van der Waals surface area contributed by atoms with Crippen LogP contribution in [0.25, 0.3) is 17.4 Å². The van der Waals surface area contributed by atoms with Crippen molar-refractivity contribution in [2.45, 2.75) is 0 Å². The van der Waals surface area contributed by atoms with Crippen molar-refractivity contribution >= 4 is 67.8 Å². The molecule has 0 aliphatic carbocycles. The number of amides is 1. The molecule has 21 heavy (non-hydrogen) atoms. The SMILES string of the molecule is O=C1NC(=S)S/C1=C/c1ccc(-c2ccc(Br)c(Cl)c2)o1. The summed E-state index contributed by atoms with van der Waals surface area (Å²) in [5.74, 6) is 1.07. The number of hydrogen-bond acceptors (Lipinski definition) is 4. The number of thiocarbonyl (C=S) groups is 1. The van der Waals surface area contributed by atoms with Crippen LogP contribution < -0.4 is 5.32 Å². The number of carbonyl (C=O) groups is 1. The standard InChI is InChI=1S/C14H7BrClNO2S2/c15-9-3-1-7(5-10(9)16)11-4-2-8(19-11)6-12-13(18)17-14(20)21-12/h1-6H,(H,17,18,20)/b12-6+. The summed E-state index contributed by atoms with van der Waals surface area (Å²) in [6.07, 6.45) is 1.67. The monoisotopic (exact) mass is 399 g/mol. The molecule has 2 heterocycles. The molecule has 1 amide bonds. The van der Waals surface area contributed by atoms with Crippen LogP contribution in [0, 0.1) is 0 Å². The minimum Gasteiger partial charge on any atom is -0.457 e. The lowest BCUT2D eigenvalue weighted by atomic mass is 10.2. The normalized spacial score (nSPS) is 16.6. The van der Waals surface area contributed by atoms with Crippen molar-refractivity contribution in [3.8, 4) is 11.3 Å². The molecule has 3 rings (SSSR count). The highest BCUT2D eigenvalue weighted by Gasteiger charge is 2.22. The van der Waals surface area contributed by atoms with Crippen LogP contribution in [0.1, 0.15) is 5.76 Å². The Bertz CT molecular complexity index is 785. The van der Waals surface area contributed by atoms with Gasteiger partial charge in [0.05, 0.1) is 9.93 Å². The van der Waals surface area contributed by atoms with Crippen LogP contribution in [0.2, 0.25) is 5.02 Å². The largest absolute Gasteiger partial charge is 0.457 e. The maximum Gasteiger partial charge on any atom is 0.263 e. The van der Waals surface area contributed by atoms with E-state index in [0.717, 1.165) is 10.0 Å². The molecule has 0 saturated carbocycles. The van der Waals surface area contributed by atoms with Crippen LogP contribution in [-0.4, -0.2) is 10.2 Å². The van der Waals surface area contributed by atoms with E-state index in [9.17, 15) is 4.79 Å². The predicted molar refractivity (Wildman–Crippen MR) is 93.2 cm³/mol. The molecule has 0 atom stereocenters. The molecule has 1 saturated heterocycles. The molecule has 1 aromatic carbocycles. The van der Waals surface area contributed by atoms with Crippen molar-refractivity contribution in [3.63, 3.8) is 0 Å². The molecule has 1 aliphatic heterocycles. The molecule has 3 nitrogen and oxygen atoms in total. The topological polar surface area (TPSA) is 42.2 Å². The van der Waals surface area contributed by atoms with Crippen molar-refractivity contribution in [2.75, 3.05) is 0 Å².